The molecule has 0 saturated carbocycles. The number of halogens is 1. The molecule has 0 amide bonds. The summed E-state index contributed by atoms with van der Waals surface area (Å²) in [6, 6.07) is 4.86. The summed E-state index contributed by atoms with van der Waals surface area (Å²) in [6.07, 6.45) is 2.60. The van der Waals surface area contributed by atoms with Crippen molar-refractivity contribution in [1.29, 1.82) is 0 Å². The van der Waals surface area contributed by atoms with Crippen molar-refractivity contribution in [3.8, 4) is 0 Å². The summed E-state index contributed by atoms with van der Waals surface area (Å²) in [5.74, 6) is 0.661. The third-order valence-corrected chi connectivity index (χ3v) is 2.87. The van der Waals surface area contributed by atoms with Crippen LogP contribution in [-0.2, 0) is 0 Å². The highest BCUT2D eigenvalue weighted by molar-refractivity contribution is 6.08. The minimum atomic E-state index is -0.458. The maximum atomic E-state index is 13.3. The summed E-state index contributed by atoms with van der Waals surface area (Å²) in [7, 11) is 0. The summed E-state index contributed by atoms with van der Waals surface area (Å²) in [6.45, 7) is 6.96. The normalized spacial score (nSPS) is 12.1. The number of nitrogens with one attached hydrogen (secondary N) is 1. The van der Waals surface area contributed by atoms with E-state index in [4.69, 9.17) is 11.5 Å². The van der Waals surface area contributed by atoms with Gasteiger partial charge in [0.2, 0.25) is 0 Å². The molecule has 0 unspecified atom stereocenters. The molecule has 0 atom stereocenters. The molecule has 2 heterocycles. The fourth-order valence-electron chi connectivity index (χ4n) is 1.94. The number of hydrogen-bond acceptors (Lipinski definition) is 5. The number of nitrogens with zero attached hydrogens (tertiary/aromatic N) is 4. The Kier molecular flexibility index (Phi) is 5.20. The number of anilines is 2. The molecule has 2 aromatic heterocycles. The Balaban J connectivity index is 2.40. The molecule has 8 heteroatoms. The van der Waals surface area contributed by atoms with Gasteiger partial charge >= 0.3 is 0 Å². The largest absolute Gasteiger partial charge is 0.384 e. The molecule has 5 N–H and O–H groups in total. The van der Waals surface area contributed by atoms with Gasteiger partial charge in [0.1, 0.15) is 29.1 Å². The molecule has 0 bridgehead atoms. The summed E-state index contributed by atoms with van der Waals surface area (Å²) < 4.78 is 13.3. The van der Waals surface area contributed by atoms with E-state index in [-0.39, 0.29) is 11.7 Å². The fraction of sp³-hybridized carbons (Fsp3) is 0.125. The van der Waals surface area contributed by atoms with E-state index < -0.39 is 5.82 Å². The standard InChI is InChI=1S/C16H18FN7/c1-9-4-5-14(15(19)23-11(3)22-10(2)18)16(21-9)24-13-6-12(17)7-20-8-13/h4-8H,2,18H2,1,3H3,(H,21,24)(H2,19,22,23). The average molecular weight is 327 g/mol. The second-order valence-corrected chi connectivity index (χ2v) is 5.01. The lowest BCUT2D eigenvalue weighted by molar-refractivity contribution is 0.622. The van der Waals surface area contributed by atoms with Crippen molar-refractivity contribution >= 4 is 23.2 Å². The van der Waals surface area contributed by atoms with Crippen LogP contribution in [0.4, 0.5) is 15.9 Å². The van der Waals surface area contributed by atoms with Crippen LogP contribution in [-0.4, -0.2) is 21.6 Å². The van der Waals surface area contributed by atoms with Crippen LogP contribution in [0, 0.1) is 12.7 Å². The van der Waals surface area contributed by atoms with Crippen molar-refractivity contribution in [3.63, 3.8) is 0 Å². The Morgan fingerprint density at radius 1 is 1.25 bits per heavy atom. The first-order valence-corrected chi connectivity index (χ1v) is 7.04. The molecule has 2 rings (SSSR count). The number of rotatable bonds is 4. The molecule has 0 aliphatic rings. The Morgan fingerprint density at radius 2 is 2.00 bits per heavy atom. The third-order valence-electron chi connectivity index (χ3n) is 2.87. The van der Waals surface area contributed by atoms with Crippen molar-refractivity contribution in [1.82, 2.24) is 9.97 Å². The summed E-state index contributed by atoms with van der Waals surface area (Å²) >= 11 is 0. The van der Waals surface area contributed by atoms with Crippen molar-refractivity contribution in [2.75, 3.05) is 5.32 Å². The molecule has 124 valence electrons. The molecule has 7 nitrogen and oxygen atoms in total. The Morgan fingerprint density at radius 3 is 2.67 bits per heavy atom. The van der Waals surface area contributed by atoms with Gasteiger partial charge in [0.15, 0.2) is 0 Å². The van der Waals surface area contributed by atoms with E-state index in [1.54, 1.807) is 19.1 Å². The maximum Gasteiger partial charge on any atom is 0.143 e. The fourth-order valence-corrected chi connectivity index (χ4v) is 1.94. The highest BCUT2D eigenvalue weighted by Crippen LogP contribution is 2.19. The predicted octanol–water partition coefficient (Wildman–Crippen LogP) is 2.22. The number of amidine groups is 2. The van der Waals surface area contributed by atoms with Gasteiger partial charge in [-0.05, 0) is 26.0 Å². The Labute approximate surface area is 139 Å². The van der Waals surface area contributed by atoms with Gasteiger partial charge in [0.05, 0.1) is 23.6 Å². The number of hydrogen-bond donors (Lipinski definition) is 3. The molecule has 0 spiro atoms. The van der Waals surface area contributed by atoms with E-state index in [1.807, 2.05) is 6.92 Å². The SMILES string of the molecule is C=C(N)/N=C(C)\N=C(/N)c1ccc(C)nc1Nc1cncc(F)c1. The van der Waals surface area contributed by atoms with Crippen LogP contribution < -0.4 is 16.8 Å². The zero-order valence-corrected chi connectivity index (χ0v) is 13.4. The van der Waals surface area contributed by atoms with E-state index in [0.717, 1.165) is 11.9 Å². The van der Waals surface area contributed by atoms with Gasteiger partial charge in [-0.25, -0.2) is 19.4 Å². The molecule has 2 aromatic rings. The number of pyridine rings is 2. The van der Waals surface area contributed by atoms with Crippen LogP contribution in [0.1, 0.15) is 18.2 Å². The van der Waals surface area contributed by atoms with Crippen LogP contribution in [0.5, 0.6) is 0 Å². The average Bonchev–Trinajstić information content (AvgIpc) is 2.46. The molecule has 24 heavy (non-hydrogen) atoms. The number of nitrogens with two attached hydrogens (primary N) is 2. The van der Waals surface area contributed by atoms with E-state index in [1.165, 1.54) is 12.3 Å². The lowest BCUT2D eigenvalue weighted by Gasteiger charge is -2.11. The molecule has 0 radical (unpaired) electrons. The topological polar surface area (TPSA) is 115 Å². The lowest BCUT2D eigenvalue weighted by atomic mass is 10.2. The van der Waals surface area contributed by atoms with E-state index in [2.05, 4.69) is 31.8 Å². The highest BCUT2D eigenvalue weighted by atomic mass is 19.1. The molecular formula is C16H18FN7. The number of aromatic nitrogens is 2. The maximum absolute atomic E-state index is 13.3. The van der Waals surface area contributed by atoms with Crippen LogP contribution in [0.2, 0.25) is 0 Å². The molecular weight excluding hydrogens is 309 g/mol. The van der Waals surface area contributed by atoms with Crippen LogP contribution in [0.3, 0.4) is 0 Å². The van der Waals surface area contributed by atoms with Gasteiger partial charge in [-0.2, -0.15) is 0 Å². The zero-order chi connectivity index (χ0) is 17.7. The molecule has 0 aromatic carbocycles. The first kappa shape index (κ1) is 17.1. The third kappa shape index (κ3) is 4.60. The minimum absolute atomic E-state index is 0.135. The summed E-state index contributed by atoms with van der Waals surface area (Å²) in [5, 5.41) is 2.99. The number of aryl methyl sites for hydroxylation is 1. The first-order chi connectivity index (χ1) is 11.3. The van der Waals surface area contributed by atoms with Gasteiger partial charge in [0.25, 0.3) is 0 Å². The Bertz CT molecular complexity index is 827. The van der Waals surface area contributed by atoms with Crippen molar-refractivity contribution < 1.29 is 4.39 Å². The van der Waals surface area contributed by atoms with E-state index in [0.29, 0.717) is 22.9 Å². The van der Waals surface area contributed by atoms with Gasteiger partial charge in [-0.1, -0.05) is 6.58 Å². The lowest BCUT2D eigenvalue weighted by Crippen LogP contribution is -2.18. The van der Waals surface area contributed by atoms with Crippen molar-refractivity contribution in [2.24, 2.45) is 21.5 Å². The first-order valence-electron chi connectivity index (χ1n) is 7.04. The van der Waals surface area contributed by atoms with E-state index >= 15 is 0 Å². The minimum Gasteiger partial charge on any atom is -0.384 e. The van der Waals surface area contributed by atoms with Gasteiger partial charge in [-0.15, -0.1) is 0 Å². The number of aliphatic imine (C=N–C) groups is 2. The Hall–Kier alpha value is -3.29. The molecule has 0 aliphatic heterocycles. The second-order valence-electron chi connectivity index (χ2n) is 5.01. The monoisotopic (exact) mass is 327 g/mol. The predicted molar refractivity (Wildman–Crippen MR) is 93.6 cm³/mol. The summed E-state index contributed by atoms with van der Waals surface area (Å²) in [5.41, 5.74) is 13.2. The second kappa shape index (κ2) is 7.32. The van der Waals surface area contributed by atoms with Crippen molar-refractivity contribution in [3.05, 3.63) is 60.1 Å². The molecule has 0 aliphatic carbocycles. The van der Waals surface area contributed by atoms with Gasteiger partial charge < -0.3 is 16.8 Å². The molecule has 0 saturated heterocycles. The van der Waals surface area contributed by atoms with Gasteiger partial charge in [-0.3, -0.25) is 4.98 Å². The van der Waals surface area contributed by atoms with Crippen molar-refractivity contribution in [2.45, 2.75) is 13.8 Å². The van der Waals surface area contributed by atoms with E-state index in [9.17, 15) is 4.39 Å². The zero-order valence-electron chi connectivity index (χ0n) is 13.4. The van der Waals surface area contributed by atoms with Crippen LogP contribution in [0.25, 0.3) is 0 Å². The highest BCUT2D eigenvalue weighted by Gasteiger charge is 2.10. The van der Waals surface area contributed by atoms with Crippen LogP contribution in [0.15, 0.2) is 53.0 Å². The van der Waals surface area contributed by atoms with Gasteiger partial charge in [0, 0.05) is 11.8 Å². The smallest absolute Gasteiger partial charge is 0.143 e. The quantitative estimate of drug-likeness (QED) is 0.588. The van der Waals surface area contributed by atoms with Crippen LogP contribution >= 0.6 is 0 Å². The molecule has 0 fully saturated rings. The summed E-state index contributed by atoms with van der Waals surface area (Å²) in [4.78, 5) is 16.3.